The number of carbonyl (C=O) groups excluding carboxylic acids is 2. The van der Waals surface area contributed by atoms with Gasteiger partial charge in [-0.3, -0.25) is 9.59 Å². The van der Waals surface area contributed by atoms with Crippen molar-refractivity contribution < 1.29 is 9.59 Å². The molecule has 0 saturated carbocycles. The maximum atomic E-state index is 13.5. The number of carbonyl (C=O) groups is 2. The molecular weight excluding hydrogens is 542 g/mol. The van der Waals surface area contributed by atoms with E-state index in [4.69, 9.17) is 0 Å². The molecule has 0 unspecified atom stereocenters. The van der Waals surface area contributed by atoms with Crippen LogP contribution in [-0.4, -0.2) is 34.9 Å². The van der Waals surface area contributed by atoms with E-state index in [2.05, 4.69) is 41.4 Å². The lowest BCUT2D eigenvalue weighted by Crippen LogP contribution is -2.29. The number of amides is 2. The molecule has 1 aliphatic rings. The summed E-state index contributed by atoms with van der Waals surface area (Å²) in [6.45, 7) is 1.89. The van der Waals surface area contributed by atoms with Crippen molar-refractivity contribution in [2.45, 2.75) is 24.6 Å². The fraction of sp³-hybridized carbons (Fsp3) is 0.200. The molecule has 0 aliphatic carbocycles. The van der Waals surface area contributed by atoms with Gasteiger partial charge in [-0.1, -0.05) is 58.4 Å². The van der Waals surface area contributed by atoms with Gasteiger partial charge in [-0.05, 0) is 55.2 Å². The number of nitrogens with one attached hydrogen (secondary N) is 2. The first-order valence-electron chi connectivity index (χ1n) is 12.6. The van der Waals surface area contributed by atoms with E-state index in [1.165, 1.54) is 6.42 Å². The van der Waals surface area contributed by atoms with E-state index in [0.29, 0.717) is 33.7 Å². The normalized spacial score (nSPS) is 13.1. The van der Waals surface area contributed by atoms with E-state index in [9.17, 15) is 9.59 Å². The van der Waals surface area contributed by atoms with Crippen molar-refractivity contribution in [3.8, 4) is 11.4 Å². The molecule has 2 N–H and O–H groups in total. The SMILES string of the molecule is O=C(Nc1ccc(N2CCCCC2)cc1C(=O)Nc1cnc(-c2ccccc2)nc1)c1cccc(CBr)c1. The van der Waals surface area contributed by atoms with Crippen molar-refractivity contribution >= 4 is 44.8 Å². The third kappa shape index (κ3) is 6.08. The number of nitrogens with zero attached hydrogens (tertiary/aromatic N) is 3. The van der Waals surface area contributed by atoms with Crippen LogP contribution in [0.5, 0.6) is 0 Å². The van der Waals surface area contributed by atoms with Crippen LogP contribution in [-0.2, 0) is 5.33 Å². The zero-order chi connectivity index (χ0) is 26.3. The predicted molar refractivity (Wildman–Crippen MR) is 155 cm³/mol. The van der Waals surface area contributed by atoms with E-state index >= 15 is 0 Å². The van der Waals surface area contributed by atoms with E-state index in [1.54, 1.807) is 24.5 Å². The van der Waals surface area contributed by atoms with Crippen molar-refractivity contribution in [3.63, 3.8) is 0 Å². The molecule has 1 saturated heterocycles. The zero-order valence-electron chi connectivity index (χ0n) is 20.9. The fourth-order valence-electron chi connectivity index (χ4n) is 4.50. The minimum Gasteiger partial charge on any atom is -0.372 e. The summed E-state index contributed by atoms with van der Waals surface area (Å²) in [5.41, 5.74) is 4.68. The third-order valence-electron chi connectivity index (χ3n) is 6.50. The topological polar surface area (TPSA) is 87.2 Å². The maximum absolute atomic E-state index is 13.5. The standard InChI is InChI=1S/C30H28BrN5O2/c31-18-21-8-7-11-23(16-21)29(37)35-27-13-12-25(36-14-5-2-6-15-36)17-26(27)30(38)34-24-19-32-28(33-20-24)22-9-3-1-4-10-22/h1,3-4,7-13,16-17,19-20H,2,5-6,14-15,18H2,(H,34,38)(H,35,37). The molecule has 38 heavy (non-hydrogen) atoms. The van der Waals surface area contributed by atoms with Crippen LogP contribution in [0.4, 0.5) is 17.1 Å². The van der Waals surface area contributed by atoms with Gasteiger partial charge in [0.05, 0.1) is 29.3 Å². The summed E-state index contributed by atoms with van der Waals surface area (Å²) >= 11 is 3.43. The molecule has 5 rings (SSSR count). The minimum atomic E-state index is -0.343. The first-order valence-corrected chi connectivity index (χ1v) is 13.8. The molecule has 192 valence electrons. The Labute approximate surface area is 230 Å². The maximum Gasteiger partial charge on any atom is 0.257 e. The van der Waals surface area contributed by atoms with Gasteiger partial charge in [0.25, 0.3) is 11.8 Å². The average Bonchev–Trinajstić information content (AvgIpc) is 2.98. The monoisotopic (exact) mass is 569 g/mol. The molecule has 7 nitrogen and oxygen atoms in total. The highest BCUT2D eigenvalue weighted by Crippen LogP contribution is 2.27. The van der Waals surface area contributed by atoms with Crippen LogP contribution in [0.25, 0.3) is 11.4 Å². The summed E-state index contributed by atoms with van der Waals surface area (Å²) in [5, 5.41) is 6.49. The number of benzene rings is 3. The number of piperidine rings is 1. The van der Waals surface area contributed by atoms with Gasteiger partial charge in [0.15, 0.2) is 5.82 Å². The van der Waals surface area contributed by atoms with Crippen LogP contribution in [0.3, 0.4) is 0 Å². The molecular formula is C30H28BrN5O2. The molecule has 0 bridgehead atoms. The summed E-state index contributed by atoms with van der Waals surface area (Å²) in [7, 11) is 0. The second-order valence-electron chi connectivity index (χ2n) is 9.18. The van der Waals surface area contributed by atoms with Gasteiger partial charge in [-0.25, -0.2) is 9.97 Å². The van der Waals surface area contributed by atoms with Gasteiger partial charge in [-0.15, -0.1) is 0 Å². The van der Waals surface area contributed by atoms with E-state index < -0.39 is 0 Å². The number of aromatic nitrogens is 2. The molecule has 0 spiro atoms. The average molecular weight is 570 g/mol. The van der Waals surface area contributed by atoms with Crippen molar-refractivity contribution in [2.24, 2.45) is 0 Å². The summed E-state index contributed by atoms with van der Waals surface area (Å²) in [6.07, 6.45) is 6.63. The lowest BCUT2D eigenvalue weighted by atomic mass is 10.1. The van der Waals surface area contributed by atoms with Gasteiger partial charge in [0, 0.05) is 35.2 Å². The molecule has 1 aromatic heterocycles. The Morgan fingerprint density at radius 3 is 2.32 bits per heavy atom. The van der Waals surface area contributed by atoms with Gasteiger partial charge in [-0.2, -0.15) is 0 Å². The summed E-state index contributed by atoms with van der Waals surface area (Å²) in [5.74, 6) is -0.0399. The lowest BCUT2D eigenvalue weighted by molar-refractivity contribution is 0.102. The number of halogens is 1. The van der Waals surface area contributed by atoms with Crippen LogP contribution in [0, 0.1) is 0 Å². The Bertz CT molecular complexity index is 1420. The Kier molecular flexibility index (Phi) is 8.09. The molecule has 0 radical (unpaired) electrons. The molecule has 2 amide bonds. The Morgan fingerprint density at radius 2 is 1.58 bits per heavy atom. The highest BCUT2D eigenvalue weighted by Gasteiger charge is 2.19. The van der Waals surface area contributed by atoms with Crippen LogP contribution in [0.1, 0.15) is 45.5 Å². The number of rotatable bonds is 7. The predicted octanol–water partition coefficient (Wildman–Crippen LogP) is 6.53. The van der Waals surface area contributed by atoms with Gasteiger partial charge in [0.1, 0.15) is 0 Å². The minimum absolute atomic E-state index is 0.275. The zero-order valence-corrected chi connectivity index (χ0v) is 22.4. The van der Waals surface area contributed by atoms with Gasteiger partial charge in [0.2, 0.25) is 0 Å². The Morgan fingerprint density at radius 1 is 0.816 bits per heavy atom. The second kappa shape index (κ2) is 12.0. The van der Waals surface area contributed by atoms with Crippen molar-refractivity contribution in [1.82, 2.24) is 9.97 Å². The first kappa shape index (κ1) is 25.6. The van der Waals surface area contributed by atoms with Crippen molar-refractivity contribution in [1.29, 1.82) is 0 Å². The fourth-order valence-corrected chi connectivity index (χ4v) is 4.84. The highest BCUT2D eigenvalue weighted by atomic mass is 79.9. The van der Waals surface area contributed by atoms with Crippen LogP contribution in [0.2, 0.25) is 0 Å². The summed E-state index contributed by atoms with van der Waals surface area (Å²) in [4.78, 5) is 37.7. The van der Waals surface area contributed by atoms with Gasteiger partial charge < -0.3 is 15.5 Å². The third-order valence-corrected chi connectivity index (χ3v) is 7.15. The lowest BCUT2D eigenvalue weighted by Gasteiger charge is -2.29. The Hall–Kier alpha value is -4.04. The van der Waals surface area contributed by atoms with Crippen molar-refractivity contribution in [2.75, 3.05) is 28.6 Å². The van der Waals surface area contributed by atoms with E-state index in [0.717, 1.165) is 42.7 Å². The van der Waals surface area contributed by atoms with Gasteiger partial charge >= 0.3 is 0 Å². The molecule has 4 aromatic rings. The van der Waals surface area contributed by atoms with Crippen LogP contribution in [0.15, 0.2) is 85.2 Å². The molecule has 3 aromatic carbocycles. The molecule has 1 aliphatic heterocycles. The van der Waals surface area contributed by atoms with E-state index in [1.807, 2.05) is 60.7 Å². The van der Waals surface area contributed by atoms with Crippen molar-refractivity contribution in [3.05, 3.63) is 102 Å². The quantitative estimate of drug-likeness (QED) is 0.247. The molecule has 1 fully saturated rings. The number of hydrogen-bond donors (Lipinski definition) is 2. The largest absolute Gasteiger partial charge is 0.372 e. The smallest absolute Gasteiger partial charge is 0.257 e. The number of hydrogen-bond acceptors (Lipinski definition) is 5. The molecule has 8 heteroatoms. The van der Waals surface area contributed by atoms with E-state index in [-0.39, 0.29) is 11.8 Å². The summed E-state index contributed by atoms with van der Waals surface area (Å²) < 4.78 is 0. The van der Waals surface area contributed by atoms with Crippen LogP contribution < -0.4 is 15.5 Å². The molecule has 2 heterocycles. The molecule has 0 atom stereocenters. The number of alkyl halides is 1. The summed E-state index contributed by atoms with van der Waals surface area (Å²) in [6, 6.07) is 22.7. The highest BCUT2D eigenvalue weighted by molar-refractivity contribution is 9.08. The Balaban J connectivity index is 1.40. The first-order chi connectivity index (χ1) is 18.6. The number of anilines is 3. The van der Waals surface area contributed by atoms with Crippen LogP contribution >= 0.6 is 15.9 Å². The second-order valence-corrected chi connectivity index (χ2v) is 9.74.